The second kappa shape index (κ2) is 5.54. The van der Waals surface area contributed by atoms with E-state index < -0.39 is 0 Å². The summed E-state index contributed by atoms with van der Waals surface area (Å²) in [5.41, 5.74) is 1.09. The first-order valence-electron chi connectivity index (χ1n) is 8.13. The van der Waals surface area contributed by atoms with Crippen LogP contribution >= 0.6 is 11.3 Å². The van der Waals surface area contributed by atoms with Crippen LogP contribution in [0.2, 0.25) is 0 Å². The lowest BCUT2D eigenvalue weighted by Gasteiger charge is -2.34. The summed E-state index contributed by atoms with van der Waals surface area (Å²) >= 11 is 1.78. The zero-order valence-electron chi connectivity index (χ0n) is 12.9. The molecule has 2 aromatic rings. The van der Waals surface area contributed by atoms with Gasteiger partial charge in [-0.15, -0.1) is 0 Å². The summed E-state index contributed by atoms with van der Waals surface area (Å²) in [4.78, 5) is 21.3. The monoisotopic (exact) mass is 315 g/mol. The normalized spacial score (nSPS) is 25.3. The molecule has 0 N–H and O–H groups in total. The lowest BCUT2D eigenvalue weighted by molar-refractivity contribution is -0.129. The second-order valence-corrected chi connectivity index (χ2v) is 7.30. The molecule has 4 nitrogen and oxygen atoms in total. The molecular formula is C17H21N3OS. The molecular weight excluding hydrogens is 294 g/mol. The van der Waals surface area contributed by atoms with Crippen LogP contribution in [0.15, 0.2) is 24.3 Å². The van der Waals surface area contributed by atoms with E-state index in [1.54, 1.807) is 18.3 Å². The third-order valence-corrected chi connectivity index (χ3v) is 6.05. The van der Waals surface area contributed by atoms with Crippen LogP contribution in [0.25, 0.3) is 10.2 Å². The Balaban J connectivity index is 1.64. The van der Waals surface area contributed by atoms with Crippen molar-refractivity contribution >= 4 is 32.6 Å². The minimum atomic E-state index is 0.221. The van der Waals surface area contributed by atoms with Gasteiger partial charge in [0.15, 0.2) is 5.13 Å². The Hall–Kier alpha value is -1.62. The molecule has 1 amide bonds. The summed E-state index contributed by atoms with van der Waals surface area (Å²) in [7, 11) is 0. The van der Waals surface area contributed by atoms with Crippen molar-refractivity contribution in [2.75, 3.05) is 18.0 Å². The number of likely N-dealkylation sites (tertiary alicyclic amines) is 1. The molecule has 116 valence electrons. The molecule has 5 heteroatoms. The molecule has 2 saturated heterocycles. The standard InChI is InChI=1S/C17H21N3OS/c1-12(21)19-10-4-7-14(19)15-8-5-11-20(15)17-18-13-6-2-3-9-16(13)22-17/h2-3,6,9,14-15H,4-5,7-8,10-11H2,1H3/t14-,15-/m1/s1. The number of anilines is 1. The van der Waals surface area contributed by atoms with E-state index >= 15 is 0 Å². The van der Waals surface area contributed by atoms with Gasteiger partial charge in [-0.3, -0.25) is 4.79 Å². The summed E-state index contributed by atoms with van der Waals surface area (Å²) in [6, 6.07) is 9.14. The van der Waals surface area contributed by atoms with Crippen molar-refractivity contribution in [3.63, 3.8) is 0 Å². The van der Waals surface area contributed by atoms with Gasteiger partial charge in [-0.05, 0) is 37.8 Å². The first-order valence-corrected chi connectivity index (χ1v) is 8.95. The van der Waals surface area contributed by atoms with Gasteiger partial charge < -0.3 is 9.80 Å². The molecule has 0 bridgehead atoms. The highest BCUT2D eigenvalue weighted by molar-refractivity contribution is 7.22. The predicted octanol–water partition coefficient (Wildman–Crippen LogP) is 3.28. The fourth-order valence-electron chi connectivity index (χ4n) is 4.00. The number of nitrogens with zero attached hydrogens (tertiary/aromatic N) is 3. The van der Waals surface area contributed by atoms with E-state index in [9.17, 15) is 4.79 Å². The molecule has 2 atom stereocenters. The number of amides is 1. The molecule has 0 unspecified atom stereocenters. The van der Waals surface area contributed by atoms with Crippen molar-refractivity contribution in [1.29, 1.82) is 0 Å². The number of carbonyl (C=O) groups excluding carboxylic acids is 1. The maximum absolute atomic E-state index is 11.9. The molecule has 4 rings (SSSR count). The maximum atomic E-state index is 11.9. The lowest BCUT2D eigenvalue weighted by atomic mass is 10.0. The fraction of sp³-hybridized carbons (Fsp3) is 0.529. The van der Waals surface area contributed by atoms with E-state index in [2.05, 4.69) is 28.0 Å². The minimum Gasteiger partial charge on any atom is -0.343 e. The fourth-order valence-corrected chi connectivity index (χ4v) is 5.05. The summed E-state index contributed by atoms with van der Waals surface area (Å²) in [5.74, 6) is 0.221. The summed E-state index contributed by atoms with van der Waals surface area (Å²) in [6.45, 7) is 3.69. The van der Waals surface area contributed by atoms with E-state index in [0.29, 0.717) is 12.1 Å². The van der Waals surface area contributed by atoms with E-state index in [1.165, 1.54) is 17.5 Å². The van der Waals surface area contributed by atoms with Gasteiger partial charge >= 0.3 is 0 Å². The smallest absolute Gasteiger partial charge is 0.219 e. The number of aromatic nitrogens is 1. The summed E-state index contributed by atoms with van der Waals surface area (Å²) < 4.78 is 1.25. The Morgan fingerprint density at radius 2 is 1.95 bits per heavy atom. The third-order valence-electron chi connectivity index (χ3n) is 4.98. The highest BCUT2D eigenvalue weighted by Crippen LogP contribution is 2.37. The Morgan fingerprint density at radius 3 is 2.77 bits per heavy atom. The first kappa shape index (κ1) is 14.0. The topological polar surface area (TPSA) is 36.4 Å². The average Bonchev–Trinajstić information content (AvgIpc) is 3.24. The predicted molar refractivity (Wildman–Crippen MR) is 90.4 cm³/mol. The van der Waals surface area contributed by atoms with Crippen molar-refractivity contribution in [1.82, 2.24) is 9.88 Å². The van der Waals surface area contributed by atoms with Gasteiger partial charge in [-0.25, -0.2) is 4.98 Å². The van der Waals surface area contributed by atoms with E-state index in [0.717, 1.165) is 36.6 Å². The molecule has 0 radical (unpaired) electrons. The molecule has 0 spiro atoms. The number of benzene rings is 1. The van der Waals surface area contributed by atoms with E-state index in [1.807, 2.05) is 6.07 Å². The Morgan fingerprint density at radius 1 is 1.18 bits per heavy atom. The first-order chi connectivity index (χ1) is 10.7. The Kier molecular flexibility index (Phi) is 3.53. The zero-order valence-corrected chi connectivity index (χ0v) is 13.7. The molecule has 1 aromatic heterocycles. The van der Waals surface area contributed by atoms with Gasteiger partial charge in [0.05, 0.1) is 22.3 Å². The molecule has 2 aliphatic rings. The van der Waals surface area contributed by atoms with Crippen LogP contribution in [-0.2, 0) is 4.79 Å². The van der Waals surface area contributed by atoms with Crippen molar-refractivity contribution in [3.8, 4) is 0 Å². The SMILES string of the molecule is CC(=O)N1CCC[C@@H]1[C@H]1CCCN1c1nc2ccccc2s1. The largest absolute Gasteiger partial charge is 0.343 e. The number of hydrogen-bond acceptors (Lipinski definition) is 4. The molecule has 2 fully saturated rings. The van der Waals surface area contributed by atoms with Gasteiger partial charge in [0, 0.05) is 20.0 Å². The number of fused-ring (bicyclic) bond motifs is 1. The number of para-hydroxylation sites is 1. The third kappa shape index (κ3) is 2.28. The van der Waals surface area contributed by atoms with Crippen LogP contribution in [0, 0.1) is 0 Å². The minimum absolute atomic E-state index is 0.221. The van der Waals surface area contributed by atoms with Crippen molar-refractivity contribution in [2.45, 2.75) is 44.7 Å². The number of thiazole rings is 1. The highest BCUT2D eigenvalue weighted by Gasteiger charge is 2.39. The quantitative estimate of drug-likeness (QED) is 0.853. The average molecular weight is 315 g/mol. The second-order valence-electron chi connectivity index (χ2n) is 6.29. The van der Waals surface area contributed by atoms with E-state index in [-0.39, 0.29) is 5.91 Å². The van der Waals surface area contributed by atoms with Gasteiger partial charge in [-0.2, -0.15) is 0 Å². The van der Waals surface area contributed by atoms with Crippen LogP contribution in [0.4, 0.5) is 5.13 Å². The van der Waals surface area contributed by atoms with E-state index in [4.69, 9.17) is 4.98 Å². The van der Waals surface area contributed by atoms with Crippen molar-refractivity contribution in [3.05, 3.63) is 24.3 Å². The maximum Gasteiger partial charge on any atom is 0.219 e. The van der Waals surface area contributed by atoms with Crippen LogP contribution in [0.3, 0.4) is 0 Å². The van der Waals surface area contributed by atoms with Crippen LogP contribution < -0.4 is 4.90 Å². The molecule has 3 heterocycles. The molecule has 0 aliphatic carbocycles. The van der Waals surface area contributed by atoms with Crippen LogP contribution in [-0.4, -0.2) is 41.0 Å². The molecule has 2 aliphatic heterocycles. The van der Waals surface area contributed by atoms with Gasteiger partial charge in [-0.1, -0.05) is 23.5 Å². The number of rotatable bonds is 2. The number of carbonyl (C=O) groups is 1. The molecule has 0 saturated carbocycles. The molecule has 1 aromatic carbocycles. The molecule has 22 heavy (non-hydrogen) atoms. The Labute approximate surface area is 134 Å². The van der Waals surface area contributed by atoms with Gasteiger partial charge in [0.2, 0.25) is 5.91 Å². The lowest BCUT2D eigenvalue weighted by Crippen LogP contribution is -2.47. The zero-order chi connectivity index (χ0) is 15.1. The van der Waals surface area contributed by atoms with Crippen molar-refractivity contribution < 1.29 is 4.79 Å². The summed E-state index contributed by atoms with van der Waals surface area (Å²) in [6.07, 6.45) is 4.63. The number of hydrogen-bond donors (Lipinski definition) is 0. The van der Waals surface area contributed by atoms with Crippen LogP contribution in [0.1, 0.15) is 32.6 Å². The Bertz CT molecular complexity index is 665. The van der Waals surface area contributed by atoms with Gasteiger partial charge in [0.1, 0.15) is 0 Å². The van der Waals surface area contributed by atoms with Crippen molar-refractivity contribution in [2.24, 2.45) is 0 Å². The highest BCUT2D eigenvalue weighted by atomic mass is 32.1. The summed E-state index contributed by atoms with van der Waals surface area (Å²) in [5, 5.41) is 1.12. The van der Waals surface area contributed by atoms with Gasteiger partial charge in [0.25, 0.3) is 0 Å². The van der Waals surface area contributed by atoms with Crippen LogP contribution in [0.5, 0.6) is 0 Å².